The van der Waals surface area contributed by atoms with E-state index in [4.69, 9.17) is 9.97 Å². The molecule has 0 saturated carbocycles. The first-order valence-electron chi connectivity index (χ1n) is 6.49. The van der Waals surface area contributed by atoms with Gasteiger partial charge in [0.15, 0.2) is 9.66 Å². The van der Waals surface area contributed by atoms with Gasteiger partial charge in [-0.2, -0.15) is 0 Å². The quantitative estimate of drug-likeness (QED) is 0.276. The number of fused-ring (bicyclic) bond motifs is 1. The lowest BCUT2D eigenvalue weighted by Crippen LogP contribution is -1.80. The summed E-state index contributed by atoms with van der Waals surface area (Å²) in [7, 11) is 0. The number of rotatable bonds is 2. The van der Waals surface area contributed by atoms with Gasteiger partial charge in [-0.25, -0.2) is 9.97 Å². The van der Waals surface area contributed by atoms with E-state index >= 15 is 0 Å². The molecule has 0 aliphatic carbocycles. The molecule has 0 aliphatic rings. The van der Waals surface area contributed by atoms with E-state index in [2.05, 4.69) is 93.7 Å². The van der Waals surface area contributed by atoms with Gasteiger partial charge in [0.05, 0.1) is 0 Å². The Balaban J connectivity index is 1.81. The Bertz CT molecular complexity index is 869. The van der Waals surface area contributed by atoms with Crippen LogP contribution in [0.2, 0.25) is 0 Å². The number of thiazole rings is 2. The monoisotopic (exact) mass is 546 g/mol. The predicted octanol–water partition coefficient (Wildman–Crippen LogP) is 6.30. The molecule has 0 fully saturated rings. The summed E-state index contributed by atoms with van der Waals surface area (Å²) in [6.07, 6.45) is 0. The van der Waals surface area contributed by atoms with Gasteiger partial charge in [-0.05, 0) is 57.3 Å². The number of halogens is 2. The molecule has 108 valence electrons. The molecule has 0 aliphatic heterocycles. The molecule has 2 aromatic carbocycles. The highest BCUT2D eigenvalue weighted by atomic mass is 127. The van der Waals surface area contributed by atoms with Crippen LogP contribution in [0.5, 0.6) is 0 Å². The number of hydrogen-bond acceptors (Lipinski definition) is 4. The van der Waals surface area contributed by atoms with Crippen LogP contribution in [-0.2, 0) is 0 Å². The second-order valence-corrected chi connectivity index (χ2v) is 8.89. The molecule has 2 aromatic heterocycles. The van der Waals surface area contributed by atoms with Crippen molar-refractivity contribution in [3.8, 4) is 21.1 Å². The molecule has 0 spiro atoms. The number of hydrogen-bond donors (Lipinski definition) is 0. The number of aromatic nitrogens is 2. The minimum Gasteiger partial charge on any atom is -0.223 e. The Morgan fingerprint density at radius 1 is 0.636 bits per heavy atom. The van der Waals surface area contributed by atoms with Gasteiger partial charge in [0.2, 0.25) is 0 Å². The Hall–Kier alpha value is -0.580. The molecule has 0 atom stereocenters. The molecule has 0 unspecified atom stereocenters. The summed E-state index contributed by atoms with van der Waals surface area (Å²) < 4.78 is 2.44. The van der Waals surface area contributed by atoms with Gasteiger partial charge in [0, 0.05) is 18.3 Å². The molecule has 6 heteroatoms. The molecule has 0 saturated heterocycles. The zero-order chi connectivity index (χ0) is 15.1. The lowest BCUT2D eigenvalue weighted by atomic mass is 10.2. The second kappa shape index (κ2) is 6.14. The topological polar surface area (TPSA) is 25.8 Å². The number of nitrogens with zero attached hydrogens (tertiary/aromatic N) is 2. The third-order valence-corrected chi connectivity index (χ3v) is 7.16. The summed E-state index contributed by atoms with van der Waals surface area (Å²) in [5.74, 6) is 0. The molecule has 4 rings (SSSR count). The average molecular weight is 546 g/mol. The Labute approximate surface area is 162 Å². The first-order valence-corrected chi connectivity index (χ1v) is 10.3. The van der Waals surface area contributed by atoms with Crippen LogP contribution in [0.1, 0.15) is 0 Å². The predicted molar refractivity (Wildman–Crippen MR) is 112 cm³/mol. The third-order valence-electron chi connectivity index (χ3n) is 3.18. The largest absolute Gasteiger partial charge is 0.223 e. The summed E-state index contributed by atoms with van der Waals surface area (Å²) in [6, 6.07) is 16.7. The molecule has 22 heavy (non-hydrogen) atoms. The summed E-state index contributed by atoms with van der Waals surface area (Å²) in [5, 5.41) is 2.10. The lowest BCUT2D eigenvalue weighted by Gasteiger charge is -1.99. The minimum absolute atomic E-state index is 1.02. The van der Waals surface area contributed by atoms with Crippen molar-refractivity contribution in [3.05, 3.63) is 55.7 Å². The summed E-state index contributed by atoms with van der Waals surface area (Å²) in [5.41, 5.74) is 2.38. The van der Waals surface area contributed by atoms with Gasteiger partial charge >= 0.3 is 0 Å². The van der Waals surface area contributed by atoms with E-state index in [1.807, 2.05) is 0 Å². The summed E-state index contributed by atoms with van der Waals surface area (Å²) >= 11 is 8.05. The molecular weight excluding hydrogens is 538 g/mol. The summed E-state index contributed by atoms with van der Waals surface area (Å²) in [4.78, 5) is 11.6. The molecule has 0 bridgehead atoms. The fraction of sp³-hybridized carbons (Fsp3) is 0. The maximum Gasteiger partial charge on any atom is 0.155 e. The lowest BCUT2D eigenvalue weighted by molar-refractivity contribution is 1.47. The maximum atomic E-state index is 4.79. The fourth-order valence-electron chi connectivity index (χ4n) is 2.14. The normalized spacial score (nSPS) is 11.2. The van der Waals surface area contributed by atoms with E-state index < -0.39 is 0 Å². The molecule has 2 nitrogen and oxygen atoms in total. The van der Waals surface area contributed by atoms with Gasteiger partial charge in [-0.3, -0.25) is 0 Å². The van der Waals surface area contributed by atoms with Crippen molar-refractivity contribution in [2.24, 2.45) is 0 Å². The zero-order valence-corrected chi connectivity index (χ0v) is 17.0. The number of benzene rings is 2. The second-order valence-electron chi connectivity index (χ2n) is 4.61. The highest BCUT2D eigenvalue weighted by molar-refractivity contribution is 14.1. The van der Waals surface area contributed by atoms with Crippen molar-refractivity contribution in [1.29, 1.82) is 0 Å². The highest BCUT2D eigenvalue weighted by Gasteiger charge is 2.15. The van der Waals surface area contributed by atoms with Crippen LogP contribution in [-0.4, -0.2) is 9.97 Å². The molecule has 2 heterocycles. The van der Waals surface area contributed by atoms with E-state index in [1.165, 1.54) is 18.3 Å². The fourth-order valence-corrected chi connectivity index (χ4v) is 5.91. The van der Waals surface area contributed by atoms with E-state index in [0.717, 1.165) is 19.7 Å². The van der Waals surface area contributed by atoms with Crippen LogP contribution in [0, 0.1) is 7.14 Å². The molecule has 0 amide bonds. The van der Waals surface area contributed by atoms with Crippen LogP contribution in [0.3, 0.4) is 0 Å². The van der Waals surface area contributed by atoms with Gasteiger partial charge in [-0.1, -0.05) is 59.1 Å². The van der Waals surface area contributed by atoms with E-state index in [1.54, 1.807) is 22.7 Å². The van der Waals surface area contributed by atoms with Gasteiger partial charge in [-0.15, -0.1) is 0 Å². The average Bonchev–Trinajstić information content (AvgIpc) is 3.06. The Kier molecular flexibility index (Phi) is 4.18. The molecule has 0 N–H and O–H groups in total. The highest BCUT2D eigenvalue weighted by Crippen LogP contribution is 2.38. The standard InChI is InChI=1S/C16H8I2N2S2/c17-11-7-3-1-5-9(11)13-19-15-16(21-13)20-14(22-15)10-6-2-4-8-12(10)18/h1-8H. The zero-order valence-electron chi connectivity index (χ0n) is 11.1. The van der Waals surface area contributed by atoms with Gasteiger partial charge in [0.1, 0.15) is 10.0 Å². The molecular formula is C16H8I2N2S2. The summed E-state index contributed by atoms with van der Waals surface area (Å²) in [6.45, 7) is 0. The first-order chi connectivity index (χ1) is 10.7. The van der Waals surface area contributed by atoms with Crippen molar-refractivity contribution in [2.75, 3.05) is 0 Å². The van der Waals surface area contributed by atoms with Crippen LogP contribution >= 0.6 is 67.9 Å². The van der Waals surface area contributed by atoms with Crippen molar-refractivity contribution in [1.82, 2.24) is 9.97 Å². The van der Waals surface area contributed by atoms with Gasteiger partial charge in [0.25, 0.3) is 0 Å². The van der Waals surface area contributed by atoms with Crippen LogP contribution in [0.25, 0.3) is 30.8 Å². The van der Waals surface area contributed by atoms with Gasteiger partial charge < -0.3 is 0 Å². The van der Waals surface area contributed by atoms with E-state index in [9.17, 15) is 0 Å². The van der Waals surface area contributed by atoms with Crippen LogP contribution in [0.15, 0.2) is 48.5 Å². The third kappa shape index (κ3) is 2.70. The minimum atomic E-state index is 1.02. The van der Waals surface area contributed by atoms with Crippen molar-refractivity contribution in [2.45, 2.75) is 0 Å². The van der Waals surface area contributed by atoms with Crippen LogP contribution < -0.4 is 0 Å². The van der Waals surface area contributed by atoms with Crippen molar-refractivity contribution in [3.63, 3.8) is 0 Å². The van der Waals surface area contributed by atoms with Crippen molar-refractivity contribution < 1.29 is 0 Å². The first kappa shape index (κ1) is 15.0. The smallest absolute Gasteiger partial charge is 0.155 e. The molecule has 4 aromatic rings. The Morgan fingerprint density at radius 3 is 1.45 bits per heavy atom. The SMILES string of the molecule is Ic1ccccc1-c1nc2sc(-c3ccccc3I)nc2s1. The van der Waals surface area contributed by atoms with E-state index in [-0.39, 0.29) is 0 Å². The van der Waals surface area contributed by atoms with Crippen LogP contribution in [0.4, 0.5) is 0 Å². The Morgan fingerprint density at radius 2 is 1.05 bits per heavy atom. The molecule has 0 radical (unpaired) electrons. The van der Waals surface area contributed by atoms with Crippen molar-refractivity contribution >= 4 is 77.5 Å². The van der Waals surface area contributed by atoms with E-state index in [0.29, 0.717) is 0 Å². The maximum absolute atomic E-state index is 4.79.